The lowest BCUT2D eigenvalue weighted by Gasteiger charge is -2.09. The highest BCUT2D eigenvalue weighted by atomic mass is 19.1. The fourth-order valence-corrected chi connectivity index (χ4v) is 3.17. The van der Waals surface area contributed by atoms with Gasteiger partial charge in [-0.15, -0.1) is 0 Å². The Morgan fingerprint density at radius 3 is 2.68 bits per heavy atom. The SMILES string of the molecule is Cc1cc(-c2cc3c(cnn3C)cc2F)c2cnn(CC(=O)O)c2c1. The molecule has 0 amide bonds. The number of aliphatic carboxylic acids is 1. The van der Waals surface area contributed by atoms with Gasteiger partial charge in [-0.25, -0.2) is 4.39 Å². The van der Waals surface area contributed by atoms with Gasteiger partial charge < -0.3 is 5.11 Å². The van der Waals surface area contributed by atoms with Gasteiger partial charge in [-0.05, 0) is 36.2 Å². The highest BCUT2D eigenvalue weighted by Gasteiger charge is 2.16. The number of benzene rings is 2. The van der Waals surface area contributed by atoms with Crippen molar-refractivity contribution in [2.24, 2.45) is 7.05 Å². The fraction of sp³-hybridized carbons (Fsp3) is 0.167. The maximum Gasteiger partial charge on any atom is 0.325 e. The van der Waals surface area contributed by atoms with E-state index in [-0.39, 0.29) is 12.4 Å². The van der Waals surface area contributed by atoms with E-state index in [2.05, 4.69) is 10.2 Å². The van der Waals surface area contributed by atoms with Crippen LogP contribution in [0.3, 0.4) is 0 Å². The van der Waals surface area contributed by atoms with Gasteiger partial charge in [0.2, 0.25) is 0 Å². The van der Waals surface area contributed by atoms with Gasteiger partial charge in [0.1, 0.15) is 12.4 Å². The highest BCUT2D eigenvalue weighted by Crippen LogP contribution is 2.34. The summed E-state index contributed by atoms with van der Waals surface area (Å²) < 4.78 is 17.8. The Hall–Kier alpha value is -3.22. The Morgan fingerprint density at radius 2 is 1.92 bits per heavy atom. The van der Waals surface area contributed by atoms with E-state index in [1.165, 1.54) is 10.7 Å². The summed E-state index contributed by atoms with van der Waals surface area (Å²) in [5.41, 5.74) is 3.52. The summed E-state index contributed by atoms with van der Waals surface area (Å²) in [6, 6.07) is 6.97. The molecule has 6 nitrogen and oxygen atoms in total. The lowest BCUT2D eigenvalue weighted by Crippen LogP contribution is -2.09. The number of nitrogens with zero attached hydrogens (tertiary/aromatic N) is 4. The molecule has 0 atom stereocenters. The molecule has 0 unspecified atom stereocenters. The van der Waals surface area contributed by atoms with Crippen molar-refractivity contribution in [2.45, 2.75) is 13.5 Å². The molecule has 0 saturated carbocycles. The molecular formula is C18H15FN4O2. The molecule has 2 aromatic carbocycles. The number of rotatable bonds is 3. The van der Waals surface area contributed by atoms with E-state index in [9.17, 15) is 9.18 Å². The topological polar surface area (TPSA) is 72.9 Å². The van der Waals surface area contributed by atoms with Crippen molar-refractivity contribution in [1.29, 1.82) is 0 Å². The third-order valence-electron chi connectivity index (χ3n) is 4.32. The standard InChI is InChI=1S/C18H15FN4O2/c1-10-3-12(14-8-21-23(9-18(24)25)17(14)4-10)13-6-16-11(5-15(13)19)7-20-22(16)2/h3-8H,9H2,1-2H3,(H,24,25). The molecule has 25 heavy (non-hydrogen) atoms. The van der Waals surface area contributed by atoms with E-state index in [0.29, 0.717) is 22.0 Å². The maximum atomic E-state index is 14.7. The fourth-order valence-electron chi connectivity index (χ4n) is 3.17. The lowest BCUT2D eigenvalue weighted by atomic mass is 9.98. The minimum absolute atomic E-state index is 0.240. The number of hydrogen-bond donors (Lipinski definition) is 1. The van der Waals surface area contributed by atoms with Crippen LogP contribution in [0.2, 0.25) is 0 Å². The van der Waals surface area contributed by atoms with E-state index in [1.807, 2.05) is 19.1 Å². The minimum Gasteiger partial charge on any atom is -0.480 e. The molecule has 0 spiro atoms. The molecule has 4 aromatic rings. The molecule has 0 aliphatic rings. The van der Waals surface area contributed by atoms with Crippen LogP contribution in [-0.4, -0.2) is 30.6 Å². The van der Waals surface area contributed by atoms with Crippen LogP contribution >= 0.6 is 0 Å². The van der Waals surface area contributed by atoms with Gasteiger partial charge in [0, 0.05) is 23.4 Å². The molecule has 2 aromatic heterocycles. The monoisotopic (exact) mass is 338 g/mol. The summed E-state index contributed by atoms with van der Waals surface area (Å²) in [6.07, 6.45) is 3.21. The van der Waals surface area contributed by atoms with E-state index < -0.39 is 5.97 Å². The highest BCUT2D eigenvalue weighted by molar-refractivity contribution is 5.98. The van der Waals surface area contributed by atoms with E-state index in [0.717, 1.165) is 16.5 Å². The molecule has 2 heterocycles. The zero-order valence-electron chi connectivity index (χ0n) is 13.7. The van der Waals surface area contributed by atoms with Crippen LogP contribution in [0.1, 0.15) is 5.56 Å². The average molecular weight is 338 g/mol. The molecule has 0 fully saturated rings. The van der Waals surface area contributed by atoms with Crippen LogP contribution in [0.25, 0.3) is 32.9 Å². The summed E-state index contributed by atoms with van der Waals surface area (Å²) in [5, 5.41) is 18.8. The molecular weight excluding hydrogens is 323 g/mol. The predicted molar refractivity (Wildman–Crippen MR) is 91.8 cm³/mol. The third kappa shape index (κ3) is 2.44. The van der Waals surface area contributed by atoms with Crippen molar-refractivity contribution in [1.82, 2.24) is 19.6 Å². The summed E-state index contributed by atoms with van der Waals surface area (Å²) in [5.74, 6) is -1.33. The normalized spacial score (nSPS) is 11.5. The van der Waals surface area contributed by atoms with Crippen LogP contribution in [0.15, 0.2) is 36.7 Å². The Kier molecular flexibility index (Phi) is 3.31. The first kappa shape index (κ1) is 15.3. The van der Waals surface area contributed by atoms with E-state index in [4.69, 9.17) is 5.11 Å². The van der Waals surface area contributed by atoms with Crippen LogP contribution in [0.4, 0.5) is 4.39 Å². The van der Waals surface area contributed by atoms with Crippen molar-refractivity contribution in [2.75, 3.05) is 0 Å². The van der Waals surface area contributed by atoms with Crippen molar-refractivity contribution >= 4 is 27.8 Å². The second-order valence-corrected chi connectivity index (χ2v) is 6.10. The quantitative estimate of drug-likeness (QED) is 0.623. The maximum absolute atomic E-state index is 14.7. The first-order valence-corrected chi connectivity index (χ1v) is 7.73. The Morgan fingerprint density at radius 1 is 1.12 bits per heavy atom. The summed E-state index contributed by atoms with van der Waals surface area (Å²) in [4.78, 5) is 11.0. The Bertz CT molecular complexity index is 1140. The number of halogens is 1. The van der Waals surface area contributed by atoms with Gasteiger partial charge in [0.05, 0.1) is 23.4 Å². The second-order valence-electron chi connectivity index (χ2n) is 6.10. The molecule has 1 N–H and O–H groups in total. The second kappa shape index (κ2) is 5.41. The van der Waals surface area contributed by atoms with Gasteiger partial charge in [0.15, 0.2) is 0 Å². The van der Waals surface area contributed by atoms with Crippen LogP contribution in [-0.2, 0) is 18.4 Å². The first-order valence-electron chi connectivity index (χ1n) is 7.73. The smallest absolute Gasteiger partial charge is 0.325 e. The summed E-state index contributed by atoms with van der Waals surface area (Å²) in [7, 11) is 1.81. The van der Waals surface area contributed by atoms with Crippen molar-refractivity contribution in [3.8, 4) is 11.1 Å². The molecule has 4 rings (SSSR count). The van der Waals surface area contributed by atoms with Gasteiger partial charge in [-0.1, -0.05) is 6.07 Å². The van der Waals surface area contributed by atoms with Gasteiger partial charge in [-0.2, -0.15) is 10.2 Å². The third-order valence-corrected chi connectivity index (χ3v) is 4.32. The minimum atomic E-state index is -0.976. The van der Waals surface area contributed by atoms with Crippen LogP contribution in [0, 0.1) is 12.7 Å². The summed E-state index contributed by atoms with van der Waals surface area (Å²) in [6.45, 7) is 1.65. The van der Waals surface area contributed by atoms with Crippen molar-refractivity contribution in [3.63, 3.8) is 0 Å². The lowest BCUT2D eigenvalue weighted by molar-refractivity contribution is -0.137. The number of fused-ring (bicyclic) bond motifs is 2. The number of carbonyl (C=O) groups is 1. The number of carboxylic acid groups (broad SMARTS) is 1. The van der Waals surface area contributed by atoms with Crippen LogP contribution in [0.5, 0.6) is 0 Å². The number of aryl methyl sites for hydroxylation is 2. The van der Waals surface area contributed by atoms with Crippen molar-refractivity contribution in [3.05, 3.63) is 48.0 Å². The average Bonchev–Trinajstić information content (AvgIpc) is 3.10. The summed E-state index contributed by atoms with van der Waals surface area (Å²) >= 11 is 0. The Balaban J connectivity index is 2.00. The predicted octanol–water partition coefficient (Wildman–Crippen LogP) is 3.12. The molecule has 0 saturated heterocycles. The number of aromatic nitrogens is 4. The number of hydrogen-bond acceptors (Lipinski definition) is 3. The van der Waals surface area contributed by atoms with Gasteiger partial charge in [-0.3, -0.25) is 14.2 Å². The van der Waals surface area contributed by atoms with Crippen LogP contribution < -0.4 is 0 Å². The molecule has 0 aliphatic carbocycles. The van der Waals surface area contributed by atoms with E-state index in [1.54, 1.807) is 30.2 Å². The van der Waals surface area contributed by atoms with Gasteiger partial charge >= 0.3 is 5.97 Å². The van der Waals surface area contributed by atoms with Crippen molar-refractivity contribution < 1.29 is 14.3 Å². The van der Waals surface area contributed by atoms with E-state index >= 15 is 0 Å². The first-order chi connectivity index (χ1) is 11.9. The zero-order valence-corrected chi connectivity index (χ0v) is 13.7. The zero-order chi connectivity index (χ0) is 17.7. The largest absolute Gasteiger partial charge is 0.480 e. The molecule has 0 bridgehead atoms. The molecule has 0 aliphatic heterocycles. The molecule has 126 valence electrons. The number of carboxylic acids is 1. The molecule has 0 radical (unpaired) electrons. The Labute approximate surface area is 142 Å². The van der Waals surface area contributed by atoms with Gasteiger partial charge in [0.25, 0.3) is 0 Å². The molecule has 7 heteroatoms.